The third-order valence-corrected chi connectivity index (χ3v) is 4.34. The second-order valence-electron chi connectivity index (χ2n) is 5.77. The average Bonchev–Trinajstić information content (AvgIpc) is 2.50. The highest BCUT2D eigenvalue weighted by atomic mass is 19.1. The number of halogens is 1. The van der Waals surface area contributed by atoms with Gasteiger partial charge in [-0.25, -0.2) is 4.39 Å². The summed E-state index contributed by atoms with van der Waals surface area (Å²) in [6, 6.07) is 14.6. The van der Waals surface area contributed by atoms with E-state index >= 15 is 0 Å². The Morgan fingerprint density at radius 3 is 2.38 bits per heavy atom. The summed E-state index contributed by atoms with van der Waals surface area (Å²) < 4.78 is 13.5. The minimum atomic E-state index is -0.696. The number of aliphatic hydroxyl groups is 1. The van der Waals surface area contributed by atoms with Crippen molar-refractivity contribution in [2.45, 2.75) is 39.2 Å². The van der Waals surface area contributed by atoms with Crippen LogP contribution in [0.1, 0.15) is 49.0 Å². The Balaban J connectivity index is 2.43. The first-order chi connectivity index (χ1) is 10.0. The van der Waals surface area contributed by atoms with Crippen molar-refractivity contribution in [1.29, 1.82) is 0 Å². The molecule has 0 heterocycles. The van der Waals surface area contributed by atoms with Gasteiger partial charge in [-0.05, 0) is 41.7 Å². The fraction of sp³-hybridized carbons (Fsp3) is 0.368. The number of hydrogen-bond acceptors (Lipinski definition) is 1. The van der Waals surface area contributed by atoms with E-state index in [1.165, 1.54) is 12.1 Å². The minimum absolute atomic E-state index is 0.0308. The van der Waals surface area contributed by atoms with Crippen LogP contribution >= 0.6 is 0 Å². The number of rotatable bonds is 5. The highest BCUT2D eigenvalue weighted by Gasteiger charge is 2.28. The van der Waals surface area contributed by atoms with E-state index in [2.05, 4.69) is 13.8 Å². The van der Waals surface area contributed by atoms with Crippen LogP contribution in [0.5, 0.6) is 0 Å². The zero-order valence-electron chi connectivity index (χ0n) is 12.9. The second kappa shape index (κ2) is 6.86. The molecule has 3 atom stereocenters. The highest BCUT2D eigenvalue weighted by molar-refractivity contribution is 5.33. The molecular weight excluding hydrogens is 263 g/mol. The third kappa shape index (κ3) is 3.51. The van der Waals surface area contributed by atoms with E-state index in [9.17, 15) is 9.50 Å². The maximum Gasteiger partial charge on any atom is 0.123 e. The predicted molar refractivity (Wildman–Crippen MR) is 84.7 cm³/mol. The largest absolute Gasteiger partial charge is 0.388 e. The van der Waals surface area contributed by atoms with Gasteiger partial charge in [0.15, 0.2) is 0 Å². The highest BCUT2D eigenvalue weighted by Crippen LogP contribution is 2.39. The molecule has 0 bridgehead atoms. The molecular formula is C19H23FO. The van der Waals surface area contributed by atoms with Gasteiger partial charge in [-0.1, -0.05) is 56.7 Å². The summed E-state index contributed by atoms with van der Waals surface area (Å²) >= 11 is 0. The van der Waals surface area contributed by atoms with Crippen LogP contribution in [0.4, 0.5) is 4.39 Å². The molecule has 2 heteroatoms. The van der Waals surface area contributed by atoms with Crippen LogP contribution in [0.25, 0.3) is 0 Å². The minimum Gasteiger partial charge on any atom is -0.388 e. The van der Waals surface area contributed by atoms with Crippen molar-refractivity contribution in [1.82, 2.24) is 0 Å². The summed E-state index contributed by atoms with van der Waals surface area (Å²) in [4.78, 5) is 0. The zero-order chi connectivity index (χ0) is 15.4. The van der Waals surface area contributed by atoms with Crippen LogP contribution in [0.2, 0.25) is 0 Å². The van der Waals surface area contributed by atoms with E-state index in [1.54, 1.807) is 6.07 Å². The van der Waals surface area contributed by atoms with Crippen LogP contribution < -0.4 is 0 Å². The number of aliphatic hydroxyl groups excluding tert-OH is 1. The molecule has 0 aliphatic rings. The lowest BCUT2D eigenvalue weighted by Gasteiger charge is -2.29. The molecule has 0 spiro atoms. The van der Waals surface area contributed by atoms with Gasteiger partial charge in [0.2, 0.25) is 0 Å². The smallest absolute Gasteiger partial charge is 0.123 e. The summed E-state index contributed by atoms with van der Waals surface area (Å²) in [6.07, 6.45) is 0.267. The molecule has 112 valence electrons. The SMILES string of the molecule is CCC(C)C(c1ccccc1)C(O)c1cc(F)ccc1C. The molecule has 0 radical (unpaired) electrons. The van der Waals surface area contributed by atoms with E-state index < -0.39 is 6.10 Å². The molecule has 1 N–H and O–H groups in total. The Hall–Kier alpha value is -1.67. The van der Waals surface area contributed by atoms with Crippen LogP contribution in [0, 0.1) is 18.7 Å². The maximum atomic E-state index is 13.5. The van der Waals surface area contributed by atoms with Gasteiger partial charge < -0.3 is 5.11 Å². The fourth-order valence-electron chi connectivity index (χ4n) is 2.87. The van der Waals surface area contributed by atoms with Crippen LogP contribution in [-0.4, -0.2) is 5.11 Å². The van der Waals surface area contributed by atoms with Crippen LogP contribution in [-0.2, 0) is 0 Å². The Morgan fingerprint density at radius 2 is 1.76 bits per heavy atom. The molecule has 0 aliphatic heterocycles. The molecule has 2 rings (SSSR count). The van der Waals surface area contributed by atoms with Crippen LogP contribution in [0.15, 0.2) is 48.5 Å². The van der Waals surface area contributed by atoms with Gasteiger partial charge in [-0.2, -0.15) is 0 Å². The second-order valence-corrected chi connectivity index (χ2v) is 5.77. The molecule has 2 aromatic rings. The molecule has 0 amide bonds. The summed E-state index contributed by atoms with van der Waals surface area (Å²) in [5.41, 5.74) is 2.71. The first-order valence-electron chi connectivity index (χ1n) is 7.53. The van der Waals surface area contributed by atoms with Gasteiger partial charge in [0.1, 0.15) is 5.82 Å². The molecule has 0 aliphatic carbocycles. The Kier molecular flexibility index (Phi) is 5.13. The summed E-state index contributed by atoms with van der Waals surface area (Å²) in [5.74, 6) is -0.0209. The maximum absolute atomic E-state index is 13.5. The molecule has 1 nitrogen and oxygen atoms in total. The van der Waals surface area contributed by atoms with Crippen molar-refractivity contribution < 1.29 is 9.50 Å². The van der Waals surface area contributed by atoms with Crippen molar-refractivity contribution in [2.75, 3.05) is 0 Å². The van der Waals surface area contributed by atoms with Gasteiger partial charge >= 0.3 is 0 Å². The molecule has 0 aromatic heterocycles. The third-order valence-electron chi connectivity index (χ3n) is 4.34. The first-order valence-corrected chi connectivity index (χ1v) is 7.53. The van der Waals surface area contributed by atoms with Crippen molar-refractivity contribution in [3.63, 3.8) is 0 Å². The van der Waals surface area contributed by atoms with Gasteiger partial charge in [0.05, 0.1) is 6.10 Å². The number of benzene rings is 2. The van der Waals surface area contributed by atoms with Gasteiger partial charge in [0.25, 0.3) is 0 Å². The Morgan fingerprint density at radius 1 is 1.10 bits per heavy atom. The van der Waals surface area contributed by atoms with Gasteiger partial charge in [-0.15, -0.1) is 0 Å². The van der Waals surface area contributed by atoms with Gasteiger partial charge in [-0.3, -0.25) is 0 Å². The quantitative estimate of drug-likeness (QED) is 0.820. The normalized spacial score (nSPS) is 15.5. The van der Waals surface area contributed by atoms with Crippen molar-refractivity contribution >= 4 is 0 Å². The molecule has 0 saturated heterocycles. The zero-order valence-corrected chi connectivity index (χ0v) is 12.9. The standard InChI is InChI=1S/C19H23FO/c1-4-13(2)18(15-8-6-5-7-9-15)19(21)17-12-16(20)11-10-14(17)3/h5-13,18-19,21H,4H2,1-3H3. The van der Waals surface area contributed by atoms with E-state index in [0.717, 1.165) is 17.5 Å². The molecule has 3 unspecified atom stereocenters. The lowest BCUT2D eigenvalue weighted by atomic mass is 9.78. The van der Waals surface area contributed by atoms with Crippen LogP contribution in [0.3, 0.4) is 0 Å². The number of aryl methyl sites for hydroxylation is 1. The van der Waals surface area contributed by atoms with E-state index in [-0.39, 0.29) is 11.7 Å². The van der Waals surface area contributed by atoms with E-state index in [4.69, 9.17) is 0 Å². The molecule has 0 saturated carbocycles. The lowest BCUT2D eigenvalue weighted by molar-refractivity contribution is 0.117. The molecule has 0 fully saturated rings. The lowest BCUT2D eigenvalue weighted by Crippen LogP contribution is -2.19. The van der Waals surface area contributed by atoms with Gasteiger partial charge in [0, 0.05) is 5.92 Å². The summed E-state index contributed by atoms with van der Waals surface area (Å²) in [7, 11) is 0. The Bertz CT molecular complexity index is 579. The number of hydrogen-bond donors (Lipinski definition) is 1. The summed E-state index contributed by atoms with van der Waals surface area (Å²) in [5, 5.41) is 10.9. The topological polar surface area (TPSA) is 20.2 Å². The Labute approximate surface area is 126 Å². The van der Waals surface area contributed by atoms with Crippen molar-refractivity contribution in [2.24, 2.45) is 5.92 Å². The van der Waals surface area contributed by atoms with E-state index in [1.807, 2.05) is 37.3 Å². The predicted octanol–water partition coefficient (Wildman–Crippen LogP) is 5.00. The first kappa shape index (κ1) is 15.7. The van der Waals surface area contributed by atoms with Crippen molar-refractivity contribution in [3.05, 3.63) is 71.0 Å². The monoisotopic (exact) mass is 286 g/mol. The summed E-state index contributed by atoms with van der Waals surface area (Å²) in [6.45, 7) is 6.16. The van der Waals surface area contributed by atoms with Crippen molar-refractivity contribution in [3.8, 4) is 0 Å². The fourth-order valence-corrected chi connectivity index (χ4v) is 2.87. The average molecular weight is 286 g/mol. The molecule has 21 heavy (non-hydrogen) atoms. The molecule has 2 aromatic carbocycles. The van der Waals surface area contributed by atoms with E-state index in [0.29, 0.717) is 11.5 Å².